The Morgan fingerprint density at radius 1 is 0.939 bits per heavy atom. The van der Waals surface area contributed by atoms with Gasteiger partial charge >= 0.3 is 0 Å². The zero-order valence-electron chi connectivity index (χ0n) is 26.8. The minimum Gasteiger partial charge on any atom is -0.488 e. The van der Waals surface area contributed by atoms with Crippen molar-refractivity contribution < 1.29 is 23.5 Å². The number of ether oxygens (including phenoxy) is 1. The van der Waals surface area contributed by atoms with Crippen molar-refractivity contribution in [3.05, 3.63) is 179 Å². The van der Waals surface area contributed by atoms with Gasteiger partial charge < -0.3 is 10.1 Å². The van der Waals surface area contributed by atoms with Crippen LogP contribution in [0.2, 0.25) is 0 Å². The van der Waals surface area contributed by atoms with Crippen molar-refractivity contribution in [2.24, 2.45) is 4.99 Å². The Balaban J connectivity index is 1.40. The molecule has 0 spiro atoms. The molecule has 9 heteroatoms. The fourth-order valence-corrected chi connectivity index (χ4v) is 5.83. The topological polar surface area (TPSA) is 88.1 Å². The summed E-state index contributed by atoms with van der Waals surface area (Å²) in [6, 6.07) is 31.8. The molecule has 49 heavy (non-hydrogen) atoms. The van der Waals surface area contributed by atoms with Crippen LogP contribution in [0.15, 0.2) is 156 Å². The number of thioether (sulfide) groups is 1. The molecule has 7 nitrogen and oxygen atoms in total. The van der Waals surface area contributed by atoms with E-state index in [4.69, 9.17) is 4.74 Å². The number of amidine groups is 1. The van der Waals surface area contributed by atoms with E-state index in [1.54, 1.807) is 67.6 Å². The summed E-state index contributed by atoms with van der Waals surface area (Å²) in [5.41, 5.74) is 3.34. The molecular formula is C40H34FN3O4S. The van der Waals surface area contributed by atoms with Crippen molar-refractivity contribution in [2.75, 3.05) is 5.75 Å². The zero-order valence-corrected chi connectivity index (χ0v) is 27.6. The number of aliphatic imine (C=N–C) groups is 1. The number of allylic oxidation sites excluding steroid dienone is 4. The fourth-order valence-electron chi connectivity index (χ4n) is 5.02. The molecule has 246 valence electrons. The molecule has 0 atom stereocenters. The zero-order chi connectivity index (χ0) is 34.6. The highest BCUT2D eigenvalue weighted by Crippen LogP contribution is 2.29. The number of carbonyl (C=O) groups is 3. The van der Waals surface area contributed by atoms with Crippen LogP contribution in [0.1, 0.15) is 35.2 Å². The molecule has 0 aromatic heterocycles. The highest BCUT2D eigenvalue weighted by atomic mass is 32.2. The summed E-state index contributed by atoms with van der Waals surface area (Å²) >= 11 is 0.992. The number of nitrogens with zero attached hydrogens (tertiary/aromatic N) is 2. The van der Waals surface area contributed by atoms with Gasteiger partial charge in [-0.1, -0.05) is 128 Å². The highest BCUT2D eigenvalue weighted by molar-refractivity contribution is 8.14. The molecule has 3 amide bonds. The van der Waals surface area contributed by atoms with Gasteiger partial charge in [0.2, 0.25) is 5.91 Å². The normalized spacial score (nSPS) is 14.3. The van der Waals surface area contributed by atoms with Crippen LogP contribution in [-0.4, -0.2) is 33.5 Å². The van der Waals surface area contributed by atoms with Gasteiger partial charge in [0.25, 0.3) is 11.8 Å². The van der Waals surface area contributed by atoms with E-state index in [0.29, 0.717) is 17.0 Å². The van der Waals surface area contributed by atoms with Gasteiger partial charge in [-0.3, -0.25) is 19.3 Å². The minimum atomic E-state index is -0.743. The molecule has 0 bridgehead atoms. The fraction of sp³-hybridized carbons (Fsp3) is 0.100. The number of amides is 3. The average molecular weight is 672 g/mol. The Kier molecular flexibility index (Phi) is 11.9. The van der Waals surface area contributed by atoms with E-state index >= 15 is 0 Å². The lowest BCUT2D eigenvalue weighted by Crippen LogP contribution is -2.42. The van der Waals surface area contributed by atoms with Crippen LogP contribution in [0.5, 0.6) is 5.75 Å². The second kappa shape index (κ2) is 16.9. The average Bonchev–Trinajstić information content (AvgIpc) is 3.13. The molecular weight excluding hydrogens is 638 g/mol. The van der Waals surface area contributed by atoms with Crippen molar-refractivity contribution in [3.8, 4) is 5.75 Å². The Labute approximate surface area is 289 Å². The maximum atomic E-state index is 14.1. The summed E-state index contributed by atoms with van der Waals surface area (Å²) in [5.74, 6) is -1.68. The molecule has 1 N–H and O–H groups in total. The van der Waals surface area contributed by atoms with Gasteiger partial charge in [0.05, 0.1) is 11.8 Å². The smallest absolute Gasteiger partial charge is 0.285 e. The van der Waals surface area contributed by atoms with Crippen molar-refractivity contribution in [2.45, 2.75) is 19.6 Å². The number of para-hydroxylation sites is 1. The van der Waals surface area contributed by atoms with E-state index in [2.05, 4.69) is 16.9 Å². The van der Waals surface area contributed by atoms with E-state index in [-0.39, 0.29) is 34.8 Å². The van der Waals surface area contributed by atoms with Gasteiger partial charge in [-0.15, -0.1) is 0 Å². The lowest BCUT2D eigenvalue weighted by atomic mass is 9.99. The first kappa shape index (κ1) is 34.5. The van der Waals surface area contributed by atoms with Crippen LogP contribution in [0.3, 0.4) is 0 Å². The summed E-state index contributed by atoms with van der Waals surface area (Å²) in [7, 11) is 0. The first-order valence-electron chi connectivity index (χ1n) is 15.5. The first-order chi connectivity index (χ1) is 23.9. The van der Waals surface area contributed by atoms with E-state index in [0.717, 1.165) is 28.5 Å². The molecule has 1 heterocycles. The van der Waals surface area contributed by atoms with Crippen LogP contribution < -0.4 is 10.1 Å². The van der Waals surface area contributed by atoms with Crippen molar-refractivity contribution in [1.29, 1.82) is 0 Å². The van der Waals surface area contributed by atoms with E-state index in [1.165, 1.54) is 23.1 Å². The van der Waals surface area contributed by atoms with Crippen LogP contribution in [0.4, 0.5) is 4.39 Å². The number of nitrogens with one attached hydrogen (secondary N) is 1. The number of carbonyl (C=O) groups excluding carboxylic acids is 3. The molecule has 1 aliphatic heterocycles. The number of hydrogen-bond donors (Lipinski definition) is 1. The summed E-state index contributed by atoms with van der Waals surface area (Å²) in [6.45, 7) is 5.63. The second-order valence-electron chi connectivity index (χ2n) is 10.8. The van der Waals surface area contributed by atoms with E-state index in [1.807, 2.05) is 60.7 Å². The van der Waals surface area contributed by atoms with Crippen molar-refractivity contribution in [1.82, 2.24) is 10.2 Å². The van der Waals surface area contributed by atoms with Crippen LogP contribution in [0, 0.1) is 5.82 Å². The maximum Gasteiger partial charge on any atom is 0.285 e. The van der Waals surface area contributed by atoms with Crippen molar-refractivity contribution in [3.63, 3.8) is 0 Å². The van der Waals surface area contributed by atoms with Gasteiger partial charge in [-0.2, -0.15) is 4.99 Å². The first-order valence-corrected chi connectivity index (χ1v) is 16.5. The Morgan fingerprint density at radius 2 is 1.57 bits per heavy atom. The summed E-state index contributed by atoms with van der Waals surface area (Å²) in [4.78, 5) is 46.5. The second-order valence-corrected chi connectivity index (χ2v) is 11.7. The Morgan fingerprint density at radius 3 is 2.20 bits per heavy atom. The molecule has 1 aliphatic rings. The number of rotatable bonds is 12. The Bertz CT molecular complexity index is 1900. The molecule has 5 rings (SSSR count). The quantitative estimate of drug-likeness (QED) is 0.0944. The predicted molar refractivity (Wildman–Crippen MR) is 193 cm³/mol. The maximum absolute atomic E-state index is 14.1. The summed E-state index contributed by atoms with van der Waals surface area (Å²) in [5, 5.41) is 3.16. The van der Waals surface area contributed by atoms with Gasteiger partial charge in [-0.25, -0.2) is 4.39 Å². The summed E-state index contributed by atoms with van der Waals surface area (Å²) in [6.07, 6.45) is 8.07. The SMILES string of the molecule is C=C/C=C\C(=C/C)N1C(=O)/C(=C/c2ccccc2OCc2ccc(F)cc2)C(=O)N=C1SCC(=O)NC(c1ccccc1)c1ccccc1. The third kappa shape index (κ3) is 8.97. The van der Waals surface area contributed by atoms with Gasteiger partial charge in [0.1, 0.15) is 23.7 Å². The number of benzene rings is 4. The molecule has 0 aliphatic carbocycles. The predicted octanol–water partition coefficient (Wildman–Crippen LogP) is 7.80. The Hall–Kier alpha value is -5.80. The molecule has 0 saturated heterocycles. The molecule has 0 radical (unpaired) electrons. The van der Waals surface area contributed by atoms with Gasteiger partial charge in [-0.05, 0) is 54.0 Å². The molecule has 4 aromatic rings. The van der Waals surface area contributed by atoms with Crippen LogP contribution >= 0.6 is 11.8 Å². The summed E-state index contributed by atoms with van der Waals surface area (Å²) < 4.78 is 19.3. The van der Waals surface area contributed by atoms with E-state index in [9.17, 15) is 18.8 Å². The van der Waals surface area contributed by atoms with Crippen LogP contribution in [0.25, 0.3) is 6.08 Å². The largest absolute Gasteiger partial charge is 0.488 e. The third-order valence-electron chi connectivity index (χ3n) is 7.44. The van der Waals surface area contributed by atoms with Crippen LogP contribution in [-0.2, 0) is 21.0 Å². The molecule has 0 saturated carbocycles. The number of hydrogen-bond acceptors (Lipinski definition) is 5. The monoisotopic (exact) mass is 671 g/mol. The van der Waals surface area contributed by atoms with E-state index < -0.39 is 17.9 Å². The lowest BCUT2D eigenvalue weighted by Gasteiger charge is -2.28. The standard InChI is InChI=1S/C40H34FN3O4S/c1-3-5-19-33(4-2)44-39(47)34(25-31-18-12-13-20-35(31)48-26-28-21-23-32(41)24-22-28)38(46)43-40(44)49-27-36(45)42-37(29-14-8-6-9-15-29)30-16-10-7-11-17-30/h3-25,37H,1,26-27H2,2H3,(H,42,45)/b19-5-,33-4+,34-25+. The number of halogens is 1. The third-order valence-corrected chi connectivity index (χ3v) is 8.38. The van der Waals surface area contributed by atoms with Crippen molar-refractivity contribution >= 4 is 40.7 Å². The molecule has 0 unspecified atom stereocenters. The lowest BCUT2D eigenvalue weighted by molar-refractivity contribution is -0.126. The minimum absolute atomic E-state index is 0.0703. The van der Waals surface area contributed by atoms with Gasteiger partial charge in [0, 0.05) is 11.3 Å². The molecule has 4 aromatic carbocycles. The molecule has 0 fully saturated rings. The highest BCUT2D eigenvalue weighted by Gasteiger charge is 2.35. The van der Waals surface area contributed by atoms with Gasteiger partial charge in [0.15, 0.2) is 5.17 Å².